The number of aliphatic carboxylic acids is 1. The summed E-state index contributed by atoms with van der Waals surface area (Å²) in [6.45, 7) is 9.45. The van der Waals surface area contributed by atoms with Gasteiger partial charge in [-0.05, 0) is 123 Å². The van der Waals surface area contributed by atoms with E-state index in [9.17, 15) is 20.4 Å². The van der Waals surface area contributed by atoms with Gasteiger partial charge in [-0.2, -0.15) is 10.5 Å². The molecule has 0 radical (unpaired) electrons. The second-order valence-electron chi connectivity index (χ2n) is 15.8. The van der Waals surface area contributed by atoms with Gasteiger partial charge in [0, 0.05) is 42.7 Å². The Kier molecular flexibility index (Phi) is 12.6. The molecule has 1 saturated carbocycles. The predicted molar refractivity (Wildman–Crippen MR) is 218 cm³/mol. The molecule has 2 atom stereocenters. The number of rotatable bonds is 15. The average molecular weight is 788 g/mol. The monoisotopic (exact) mass is 787 g/mol. The van der Waals surface area contributed by atoms with E-state index >= 15 is 0 Å². The predicted octanol–water partition coefficient (Wildman–Crippen LogP) is 8.88. The number of hydrogen-bond acceptors (Lipinski definition) is 9. The fraction of sp³-hybridized carbons (Fsp3) is 0.435. The molecule has 10 nitrogen and oxygen atoms in total. The zero-order chi connectivity index (χ0) is 39.9. The lowest BCUT2D eigenvalue weighted by Gasteiger charge is -2.33. The first-order valence-electron chi connectivity index (χ1n) is 20.0. The molecule has 1 N–H and O–H groups in total. The van der Waals surface area contributed by atoms with E-state index in [1.54, 1.807) is 18.3 Å². The van der Waals surface area contributed by atoms with Crippen molar-refractivity contribution in [2.75, 3.05) is 32.8 Å². The Morgan fingerprint density at radius 2 is 1.68 bits per heavy atom. The number of nitrogens with zero attached hydrogens (tertiary/aromatic N) is 5. The number of hydrogen-bond donors (Lipinski definition) is 1. The Hall–Kier alpha value is -5.13. The lowest BCUT2D eigenvalue weighted by atomic mass is 9.91. The number of piperidine rings is 2. The van der Waals surface area contributed by atoms with E-state index in [1.807, 2.05) is 29.2 Å². The first-order chi connectivity index (χ1) is 27.7. The number of ether oxygens (including phenoxy) is 3. The standard InChI is InChI=1S/C46H50ClN5O5/c1-31-35(8-5-9-38(31)39-10-6-12-42(32(39)2)55-19-7-15-51-17-13-46(14-18-51)23-37(46)25-49)30-57-44-22-43(56-29-34-20-33(24-48)26-50-27-34)36(21-40(44)47)28-52-16-4-3-11-41(52)45(53)54/h5-6,8-10,12,20-22,26-27,37,41H,3-4,7,11,13-19,23,28-30H2,1-2H3,(H,53,54)/t37?,41-/m0/s1. The third kappa shape index (κ3) is 9.37. The highest BCUT2D eigenvalue weighted by molar-refractivity contribution is 6.32. The van der Waals surface area contributed by atoms with Crippen LogP contribution in [0, 0.1) is 47.8 Å². The van der Waals surface area contributed by atoms with E-state index in [-0.39, 0.29) is 19.1 Å². The molecule has 3 heterocycles. The number of carboxylic acids is 1. The Morgan fingerprint density at radius 1 is 0.912 bits per heavy atom. The number of benzene rings is 3. The van der Waals surface area contributed by atoms with Crippen molar-refractivity contribution < 1.29 is 24.1 Å². The average Bonchev–Trinajstić information content (AvgIpc) is 3.92. The fourth-order valence-electron chi connectivity index (χ4n) is 8.54. The van der Waals surface area contributed by atoms with Gasteiger partial charge in [0.15, 0.2) is 0 Å². The molecule has 3 aliphatic rings. The summed E-state index contributed by atoms with van der Waals surface area (Å²) in [5.74, 6) is 1.31. The molecule has 2 aliphatic heterocycles. The van der Waals surface area contributed by atoms with Crippen LogP contribution >= 0.6 is 11.6 Å². The van der Waals surface area contributed by atoms with E-state index < -0.39 is 12.0 Å². The van der Waals surface area contributed by atoms with E-state index in [1.165, 1.54) is 6.20 Å². The number of carbonyl (C=O) groups is 1. The highest BCUT2D eigenvalue weighted by atomic mass is 35.5. The van der Waals surface area contributed by atoms with Gasteiger partial charge in [0.2, 0.25) is 0 Å². The van der Waals surface area contributed by atoms with Gasteiger partial charge >= 0.3 is 5.97 Å². The molecule has 1 aliphatic carbocycles. The Balaban J connectivity index is 1.02. The first kappa shape index (κ1) is 40.1. The van der Waals surface area contributed by atoms with Crippen LogP contribution in [0.3, 0.4) is 0 Å². The molecule has 11 heteroatoms. The molecule has 1 aromatic heterocycles. The summed E-state index contributed by atoms with van der Waals surface area (Å²) in [5.41, 5.74) is 7.64. The van der Waals surface area contributed by atoms with Crippen LogP contribution in [-0.2, 0) is 24.6 Å². The quantitative estimate of drug-likeness (QED) is 0.117. The molecule has 3 fully saturated rings. The summed E-state index contributed by atoms with van der Waals surface area (Å²) in [4.78, 5) is 20.7. The third-order valence-corrected chi connectivity index (χ3v) is 12.5. The van der Waals surface area contributed by atoms with Gasteiger partial charge in [-0.25, -0.2) is 0 Å². The van der Waals surface area contributed by atoms with Gasteiger partial charge in [-0.1, -0.05) is 48.4 Å². The number of nitriles is 2. The number of carboxylic acid groups (broad SMARTS) is 1. The fourth-order valence-corrected chi connectivity index (χ4v) is 8.78. The molecule has 57 heavy (non-hydrogen) atoms. The molecular formula is C46H50ClN5O5. The molecule has 1 unspecified atom stereocenters. The van der Waals surface area contributed by atoms with E-state index in [2.05, 4.69) is 54.1 Å². The van der Waals surface area contributed by atoms with Crippen LogP contribution < -0.4 is 14.2 Å². The van der Waals surface area contributed by atoms with Gasteiger partial charge in [-0.3, -0.25) is 14.7 Å². The van der Waals surface area contributed by atoms with Crippen molar-refractivity contribution in [3.8, 4) is 40.5 Å². The Labute approximate surface area is 340 Å². The molecule has 7 rings (SSSR count). The van der Waals surface area contributed by atoms with Gasteiger partial charge in [0.1, 0.15) is 42.6 Å². The second kappa shape index (κ2) is 18.0. The van der Waals surface area contributed by atoms with Crippen LogP contribution in [0.1, 0.15) is 78.3 Å². The van der Waals surface area contributed by atoms with Gasteiger partial charge in [-0.15, -0.1) is 0 Å². The second-order valence-corrected chi connectivity index (χ2v) is 16.2. The molecule has 0 bridgehead atoms. The van der Waals surface area contributed by atoms with Crippen LogP contribution in [0.2, 0.25) is 5.02 Å². The van der Waals surface area contributed by atoms with Crippen LogP contribution in [0.4, 0.5) is 0 Å². The van der Waals surface area contributed by atoms with E-state index in [4.69, 9.17) is 25.8 Å². The highest BCUT2D eigenvalue weighted by Crippen LogP contribution is 2.58. The minimum atomic E-state index is -0.832. The summed E-state index contributed by atoms with van der Waals surface area (Å²) in [5, 5.41) is 29.0. The van der Waals surface area contributed by atoms with Crippen molar-refractivity contribution in [1.29, 1.82) is 10.5 Å². The maximum Gasteiger partial charge on any atom is 0.320 e. The maximum absolute atomic E-state index is 12.1. The molecular weight excluding hydrogens is 738 g/mol. The van der Waals surface area contributed by atoms with Gasteiger partial charge in [0.05, 0.1) is 29.2 Å². The molecule has 0 amide bonds. The largest absolute Gasteiger partial charge is 0.493 e. The van der Waals surface area contributed by atoms with E-state index in [0.717, 1.165) is 103 Å². The molecule has 2 saturated heterocycles. The third-order valence-electron chi connectivity index (χ3n) is 12.2. The smallest absolute Gasteiger partial charge is 0.320 e. The number of halogens is 1. The molecule has 296 valence electrons. The molecule has 1 spiro atoms. The maximum atomic E-state index is 12.1. The van der Waals surface area contributed by atoms with Crippen molar-refractivity contribution in [3.05, 3.63) is 105 Å². The van der Waals surface area contributed by atoms with Crippen LogP contribution in [0.5, 0.6) is 17.2 Å². The number of likely N-dealkylation sites (tertiary alicyclic amines) is 2. The van der Waals surface area contributed by atoms with Crippen molar-refractivity contribution in [3.63, 3.8) is 0 Å². The van der Waals surface area contributed by atoms with Gasteiger partial charge in [0.25, 0.3) is 0 Å². The highest BCUT2D eigenvalue weighted by Gasteiger charge is 2.55. The van der Waals surface area contributed by atoms with E-state index in [0.29, 0.717) is 53.6 Å². The molecule has 4 aromatic rings. The molecule has 3 aromatic carbocycles. The minimum absolute atomic E-state index is 0.159. The van der Waals surface area contributed by atoms with Crippen molar-refractivity contribution in [2.24, 2.45) is 11.3 Å². The first-order valence-corrected chi connectivity index (χ1v) is 20.4. The lowest BCUT2D eigenvalue weighted by molar-refractivity contribution is -0.144. The SMILES string of the molecule is Cc1c(COc2cc(OCc3cncc(C#N)c3)c(CN3CCCC[C@H]3C(=O)O)cc2Cl)cccc1-c1cccc(OCCCN2CCC3(CC2)CC3C#N)c1C. The van der Waals surface area contributed by atoms with Crippen molar-refractivity contribution in [2.45, 2.75) is 84.6 Å². The summed E-state index contributed by atoms with van der Waals surface area (Å²) in [7, 11) is 0. The number of aromatic nitrogens is 1. The Morgan fingerprint density at radius 3 is 2.44 bits per heavy atom. The number of pyridine rings is 1. The summed E-state index contributed by atoms with van der Waals surface area (Å²) >= 11 is 6.88. The summed E-state index contributed by atoms with van der Waals surface area (Å²) in [6, 6.07) is 21.8. The van der Waals surface area contributed by atoms with Gasteiger partial charge < -0.3 is 24.2 Å². The van der Waals surface area contributed by atoms with Crippen LogP contribution in [0.25, 0.3) is 11.1 Å². The van der Waals surface area contributed by atoms with Crippen LogP contribution in [0.15, 0.2) is 67.0 Å². The summed E-state index contributed by atoms with van der Waals surface area (Å²) < 4.78 is 19.1. The zero-order valence-electron chi connectivity index (χ0n) is 32.8. The van der Waals surface area contributed by atoms with Crippen molar-refractivity contribution in [1.82, 2.24) is 14.8 Å². The Bertz CT molecular complexity index is 2170. The van der Waals surface area contributed by atoms with Crippen molar-refractivity contribution >= 4 is 17.6 Å². The normalized spacial score (nSPS) is 19.0. The minimum Gasteiger partial charge on any atom is -0.493 e. The van der Waals surface area contributed by atoms with Crippen LogP contribution in [-0.4, -0.2) is 64.7 Å². The zero-order valence-corrected chi connectivity index (χ0v) is 33.6. The summed E-state index contributed by atoms with van der Waals surface area (Å²) in [6.07, 6.45) is 9.86. The lowest BCUT2D eigenvalue weighted by Crippen LogP contribution is -2.44. The topological polar surface area (TPSA) is 132 Å².